The molecule has 0 fully saturated rings. The molecule has 1 aromatic heterocycles. The second kappa shape index (κ2) is 7.08. The minimum Gasteiger partial charge on any atom is -0.321 e. The number of nitrogens with one attached hydrogen (secondary N) is 1. The summed E-state index contributed by atoms with van der Waals surface area (Å²) in [6.07, 6.45) is 3.14. The summed E-state index contributed by atoms with van der Waals surface area (Å²) in [7, 11) is 0. The smallest absolute Gasteiger partial charge is 0.262 e. The van der Waals surface area contributed by atoms with Gasteiger partial charge in [0.2, 0.25) is 0 Å². The van der Waals surface area contributed by atoms with Crippen LogP contribution in [-0.4, -0.2) is 27.6 Å². The van der Waals surface area contributed by atoms with Crippen molar-refractivity contribution in [3.05, 3.63) is 95.3 Å². The Balaban J connectivity index is 1.61. The predicted octanol–water partition coefficient (Wildman–Crippen LogP) is 3.69. The maximum absolute atomic E-state index is 12.9. The SMILES string of the molecule is CC(c1ccccc1)N1C(=O)c2ccc(C(=O)Nc3cccnc3)cc2C1=O. The summed E-state index contributed by atoms with van der Waals surface area (Å²) in [5, 5.41) is 2.72. The van der Waals surface area contributed by atoms with Crippen LogP contribution in [0.25, 0.3) is 0 Å². The second-order valence-electron chi connectivity index (χ2n) is 6.52. The third-order valence-corrected chi connectivity index (χ3v) is 4.77. The molecule has 1 unspecified atom stereocenters. The summed E-state index contributed by atoms with van der Waals surface area (Å²) in [4.78, 5) is 43.4. The second-order valence-corrected chi connectivity index (χ2v) is 6.52. The molecule has 1 atom stereocenters. The molecule has 0 aliphatic carbocycles. The highest BCUT2D eigenvalue weighted by Gasteiger charge is 2.39. The lowest BCUT2D eigenvalue weighted by atomic mass is 10.1. The normalized spacial score (nSPS) is 14.0. The summed E-state index contributed by atoms with van der Waals surface area (Å²) >= 11 is 0. The van der Waals surface area contributed by atoms with Crippen molar-refractivity contribution in [3.8, 4) is 0 Å². The van der Waals surface area contributed by atoms with Gasteiger partial charge in [0.1, 0.15) is 0 Å². The molecular formula is C22H17N3O3. The van der Waals surface area contributed by atoms with Gasteiger partial charge < -0.3 is 5.32 Å². The van der Waals surface area contributed by atoms with Crippen molar-refractivity contribution >= 4 is 23.4 Å². The van der Waals surface area contributed by atoms with E-state index in [1.165, 1.54) is 23.2 Å². The highest BCUT2D eigenvalue weighted by molar-refractivity contribution is 6.22. The molecule has 4 rings (SSSR count). The molecule has 6 heteroatoms. The number of anilines is 1. The minimum absolute atomic E-state index is 0.242. The molecule has 0 spiro atoms. The summed E-state index contributed by atoms with van der Waals surface area (Å²) in [6, 6.07) is 16.9. The Morgan fingerprint density at radius 3 is 2.43 bits per heavy atom. The van der Waals surface area contributed by atoms with Gasteiger partial charge in [0, 0.05) is 11.8 Å². The molecule has 1 aliphatic rings. The fourth-order valence-corrected chi connectivity index (χ4v) is 3.27. The number of hydrogen-bond acceptors (Lipinski definition) is 4. The number of fused-ring (bicyclic) bond motifs is 1. The van der Waals surface area contributed by atoms with Gasteiger partial charge in [-0.1, -0.05) is 30.3 Å². The molecule has 0 bridgehead atoms. The first kappa shape index (κ1) is 17.6. The van der Waals surface area contributed by atoms with Gasteiger partial charge in [-0.15, -0.1) is 0 Å². The van der Waals surface area contributed by atoms with E-state index < -0.39 is 11.9 Å². The predicted molar refractivity (Wildman–Crippen MR) is 104 cm³/mol. The molecule has 0 saturated heterocycles. The van der Waals surface area contributed by atoms with Gasteiger partial charge in [0.15, 0.2) is 0 Å². The van der Waals surface area contributed by atoms with Gasteiger partial charge >= 0.3 is 0 Å². The van der Waals surface area contributed by atoms with Crippen molar-refractivity contribution in [1.82, 2.24) is 9.88 Å². The van der Waals surface area contributed by atoms with Crippen LogP contribution in [0, 0.1) is 0 Å². The fourth-order valence-electron chi connectivity index (χ4n) is 3.27. The van der Waals surface area contributed by atoms with E-state index >= 15 is 0 Å². The quantitative estimate of drug-likeness (QED) is 0.710. The van der Waals surface area contributed by atoms with Crippen LogP contribution in [0.4, 0.5) is 5.69 Å². The van der Waals surface area contributed by atoms with Crippen LogP contribution >= 0.6 is 0 Å². The van der Waals surface area contributed by atoms with Crippen molar-refractivity contribution in [2.45, 2.75) is 13.0 Å². The summed E-state index contributed by atoms with van der Waals surface area (Å²) < 4.78 is 0. The highest BCUT2D eigenvalue weighted by atomic mass is 16.2. The zero-order valence-electron chi connectivity index (χ0n) is 15.1. The maximum Gasteiger partial charge on any atom is 0.262 e. The molecule has 6 nitrogen and oxygen atoms in total. The summed E-state index contributed by atoms with van der Waals surface area (Å²) in [5.74, 6) is -1.12. The zero-order valence-corrected chi connectivity index (χ0v) is 15.1. The molecule has 1 aliphatic heterocycles. The number of imide groups is 1. The molecular weight excluding hydrogens is 354 g/mol. The average molecular weight is 371 g/mol. The Morgan fingerprint density at radius 1 is 0.964 bits per heavy atom. The molecule has 28 heavy (non-hydrogen) atoms. The first-order valence-corrected chi connectivity index (χ1v) is 8.84. The van der Waals surface area contributed by atoms with Crippen molar-refractivity contribution in [1.29, 1.82) is 0 Å². The number of aromatic nitrogens is 1. The highest BCUT2D eigenvalue weighted by Crippen LogP contribution is 2.31. The van der Waals surface area contributed by atoms with Gasteiger partial charge in [-0.3, -0.25) is 24.3 Å². The molecule has 3 aromatic rings. The first-order chi connectivity index (χ1) is 13.6. The van der Waals surface area contributed by atoms with Crippen LogP contribution in [0.5, 0.6) is 0 Å². The van der Waals surface area contributed by atoms with E-state index in [9.17, 15) is 14.4 Å². The van der Waals surface area contributed by atoms with E-state index in [1.54, 1.807) is 24.4 Å². The topological polar surface area (TPSA) is 79.4 Å². The van der Waals surface area contributed by atoms with E-state index in [0.29, 0.717) is 16.8 Å². The van der Waals surface area contributed by atoms with E-state index in [0.717, 1.165) is 5.56 Å². The first-order valence-electron chi connectivity index (χ1n) is 8.84. The Bertz CT molecular complexity index is 1060. The fraction of sp³-hybridized carbons (Fsp3) is 0.0909. The van der Waals surface area contributed by atoms with Gasteiger partial charge in [-0.05, 0) is 42.8 Å². The molecule has 2 aromatic carbocycles. The molecule has 3 amide bonds. The van der Waals surface area contributed by atoms with Gasteiger partial charge in [0.05, 0.1) is 29.1 Å². The Labute approximate surface area is 161 Å². The monoisotopic (exact) mass is 371 g/mol. The van der Waals surface area contributed by atoms with Gasteiger partial charge in [-0.25, -0.2) is 0 Å². The van der Waals surface area contributed by atoms with E-state index in [-0.39, 0.29) is 17.4 Å². The lowest BCUT2D eigenvalue weighted by Crippen LogP contribution is -2.32. The van der Waals surface area contributed by atoms with Crippen LogP contribution in [0.3, 0.4) is 0 Å². The number of carbonyl (C=O) groups excluding carboxylic acids is 3. The van der Waals surface area contributed by atoms with Crippen LogP contribution < -0.4 is 5.32 Å². The van der Waals surface area contributed by atoms with Crippen molar-refractivity contribution in [2.75, 3.05) is 5.32 Å². The summed E-state index contributed by atoms with van der Waals surface area (Å²) in [5.41, 5.74) is 2.27. The standard InChI is InChI=1S/C22H17N3O3/c1-14(15-6-3-2-4-7-15)25-21(27)18-10-9-16(12-19(18)22(25)28)20(26)24-17-8-5-11-23-13-17/h2-14H,1H3,(H,24,26). The third kappa shape index (κ3) is 3.05. The molecule has 0 saturated carbocycles. The number of pyridine rings is 1. The van der Waals surface area contributed by atoms with Crippen molar-refractivity contribution in [2.24, 2.45) is 0 Å². The van der Waals surface area contributed by atoms with E-state index in [4.69, 9.17) is 0 Å². The van der Waals surface area contributed by atoms with Gasteiger partial charge in [0.25, 0.3) is 17.7 Å². The Morgan fingerprint density at radius 2 is 1.71 bits per heavy atom. The number of rotatable bonds is 4. The van der Waals surface area contributed by atoms with Crippen molar-refractivity contribution in [3.63, 3.8) is 0 Å². The Hall–Kier alpha value is -3.80. The third-order valence-electron chi connectivity index (χ3n) is 4.77. The maximum atomic E-state index is 12.9. The van der Waals surface area contributed by atoms with E-state index in [2.05, 4.69) is 10.3 Å². The average Bonchev–Trinajstić information content (AvgIpc) is 2.98. The molecule has 1 N–H and O–H groups in total. The zero-order chi connectivity index (χ0) is 19.7. The molecule has 138 valence electrons. The number of benzene rings is 2. The number of carbonyl (C=O) groups is 3. The molecule has 2 heterocycles. The number of nitrogens with zero attached hydrogens (tertiary/aromatic N) is 2. The lowest BCUT2D eigenvalue weighted by Gasteiger charge is -2.22. The number of amides is 3. The van der Waals surface area contributed by atoms with Gasteiger partial charge in [-0.2, -0.15) is 0 Å². The Kier molecular flexibility index (Phi) is 4.45. The van der Waals surface area contributed by atoms with Crippen molar-refractivity contribution < 1.29 is 14.4 Å². The van der Waals surface area contributed by atoms with Crippen LogP contribution in [0.15, 0.2) is 73.1 Å². The minimum atomic E-state index is -0.402. The largest absolute Gasteiger partial charge is 0.321 e. The van der Waals surface area contributed by atoms with Crippen LogP contribution in [0.2, 0.25) is 0 Å². The van der Waals surface area contributed by atoms with Crippen LogP contribution in [0.1, 0.15) is 49.6 Å². The van der Waals surface area contributed by atoms with E-state index in [1.807, 2.05) is 37.3 Å². The van der Waals surface area contributed by atoms with Crippen LogP contribution in [-0.2, 0) is 0 Å². The molecule has 0 radical (unpaired) electrons. The summed E-state index contributed by atoms with van der Waals surface area (Å²) in [6.45, 7) is 1.81. The lowest BCUT2D eigenvalue weighted by molar-refractivity contribution is 0.0595. The number of hydrogen-bond donors (Lipinski definition) is 1.